The molecule has 0 aromatic heterocycles. The summed E-state index contributed by atoms with van der Waals surface area (Å²) in [6.07, 6.45) is 0.735. The van der Waals surface area contributed by atoms with Crippen LogP contribution in [0.1, 0.15) is 6.42 Å². The molecule has 1 saturated heterocycles. The van der Waals surface area contributed by atoms with Crippen molar-refractivity contribution in [2.24, 2.45) is 0 Å². The summed E-state index contributed by atoms with van der Waals surface area (Å²) < 4.78 is 45.0. The number of fused-ring (bicyclic) bond motifs is 1. The summed E-state index contributed by atoms with van der Waals surface area (Å²) >= 11 is 0. The molecule has 0 aliphatic carbocycles. The lowest BCUT2D eigenvalue weighted by molar-refractivity contribution is 0.261. The molecule has 0 bridgehead atoms. The van der Waals surface area contributed by atoms with Crippen molar-refractivity contribution in [3.8, 4) is 17.2 Å². The summed E-state index contributed by atoms with van der Waals surface area (Å²) in [6.45, 7) is 5.28. The number of rotatable bonds is 7. The van der Waals surface area contributed by atoms with E-state index in [0.717, 1.165) is 44.0 Å². The lowest BCUT2D eigenvalue weighted by atomic mass is 10.2. The van der Waals surface area contributed by atoms with Gasteiger partial charge in [-0.25, -0.2) is 13.1 Å². The molecule has 9 nitrogen and oxygen atoms in total. The smallest absolute Gasteiger partial charge is 0.242 e. The van der Waals surface area contributed by atoms with Gasteiger partial charge < -0.3 is 24.8 Å². The molecular weight excluding hydrogens is 432 g/mol. The maximum atomic E-state index is 12.8. The van der Waals surface area contributed by atoms with E-state index in [1.54, 1.807) is 7.11 Å². The molecule has 174 valence electrons. The molecule has 2 aromatic carbocycles. The minimum absolute atomic E-state index is 0.0164. The van der Waals surface area contributed by atoms with E-state index >= 15 is 0 Å². The molecule has 3 N–H and O–H groups in total. The lowest BCUT2D eigenvalue weighted by Crippen LogP contribution is -2.48. The van der Waals surface area contributed by atoms with Crippen molar-refractivity contribution in [1.82, 2.24) is 9.62 Å². The number of methoxy groups -OCH3 is 1. The molecule has 2 aliphatic heterocycles. The number of ether oxygens (including phenoxy) is 3. The predicted molar refractivity (Wildman–Crippen MR) is 123 cm³/mol. The molecule has 1 fully saturated rings. The van der Waals surface area contributed by atoms with Crippen molar-refractivity contribution in [3.63, 3.8) is 0 Å². The maximum Gasteiger partial charge on any atom is 0.242 e. The first-order valence-electron chi connectivity index (χ1n) is 10.8. The molecule has 0 radical (unpaired) electrons. The van der Waals surface area contributed by atoms with Gasteiger partial charge in [0.15, 0.2) is 11.5 Å². The van der Waals surface area contributed by atoms with Gasteiger partial charge in [0.05, 0.1) is 31.7 Å². The van der Waals surface area contributed by atoms with Gasteiger partial charge >= 0.3 is 0 Å². The maximum absolute atomic E-state index is 12.8. The van der Waals surface area contributed by atoms with Crippen LogP contribution in [0.3, 0.4) is 0 Å². The highest BCUT2D eigenvalue weighted by Crippen LogP contribution is 2.36. The second-order valence-corrected chi connectivity index (χ2v) is 9.52. The Labute approximate surface area is 189 Å². The van der Waals surface area contributed by atoms with Gasteiger partial charge in [-0.15, -0.1) is 0 Å². The fourth-order valence-corrected chi connectivity index (χ4v) is 5.10. The third kappa shape index (κ3) is 5.03. The minimum Gasteiger partial charge on any atom is -0.495 e. The summed E-state index contributed by atoms with van der Waals surface area (Å²) in [6, 6.07) is 11.0. The number of para-hydroxylation sites is 2. The van der Waals surface area contributed by atoms with Gasteiger partial charge in [-0.05, 0) is 12.1 Å². The van der Waals surface area contributed by atoms with Crippen molar-refractivity contribution in [2.45, 2.75) is 11.3 Å². The first-order valence-corrected chi connectivity index (χ1v) is 12.3. The van der Waals surface area contributed by atoms with Gasteiger partial charge in [-0.1, -0.05) is 12.1 Å². The molecule has 0 amide bonds. The highest BCUT2D eigenvalue weighted by molar-refractivity contribution is 7.89. The minimum atomic E-state index is -3.76. The van der Waals surface area contributed by atoms with Crippen LogP contribution in [-0.2, 0) is 10.0 Å². The number of sulfonamides is 1. The molecule has 2 aromatic rings. The molecule has 0 spiro atoms. The van der Waals surface area contributed by atoms with Crippen molar-refractivity contribution in [3.05, 3.63) is 36.4 Å². The van der Waals surface area contributed by atoms with Gasteiger partial charge in [0.25, 0.3) is 0 Å². The zero-order valence-corrected chi connectivity index (χ0v) is 19.1. The number of nitrogens with two attached hydrogens (primary N) is 1. The highest BCUT2D eigenvalue weighted by Gasteiger charge is 2.24. The number of nitrogens with one attached hydrogen (secondary N) is 1. The third-order valence-corrected chi connectivity index (χ3v) is 7.20. The number of nitrogen functional groups attached to an aromatic ring is 1. The lowest BCUT2D eigenvalue weighted by Gasteiger charge is -2.36. The molecule has 0 unspecified atom stereocenters. The standard InChI is InChI=1S/C22H30N4O5S/c1-29-19-6-3-2-5-18(19)26-11-9-25(10-12-26)8-7-24-32(27,28)22-16-21-20(15-17(22)23)30-13-4-14-31-21/h2-3,5-6,15-16,24H,4,7-14,23H2,1H3. The SMILES string of the molecule is COc1ccccc1N1CCN(CCNS(=O)(=O)c2cc3c(cc2N)OCCCO3)CC1. The van der Waals surface area contributed by atoms with Gasteiger partial charge in [-0.2, -0.15) is 0 Å². The van der Waals surface area contributed by atoms with E-state index in [2.05, 4.69) is 20.6 Å². The Morgan fingerprint density at radius 2 is 1.75 bits per heavy atom. The molecule has 32 heavy (non-hydrogen) atoms. The molecule has 0 atom stereocenters. The van der Waals surface area contributed by atoms with Crippen LogP contribution in [0.25, 0.3) is 0 Å². The second kappa shape index (κ2) is 9.85. The molecular formula is C22H30N4O5S. The first kappa shape index (κ1) is 22.5. The topological polar surface area (TPSA) is 106 Å². The molecule has 2 heterocycles. The normalized spacial score (nSPS) is 17.1. The number of benzene rings is 2. The largest absolute Gasteiger partial charge is 0.495 e. The van der Waals surface area contributed by atoms with Crippen LogP contribution in [0.2, 0.25) is 0 Å². The average molecular weight is 463 g/mol. The summed E-state index contributed by atoms with van der Waals surface area (Å²) in [5.41, 5.74) is 7.24. The number of hydrogen-bond donors (Lipinski definition) is 2. The summed E-state index contributed by atoms with van der Waals surface area (Å²) in [4.78, 5) is 4.55. The molecule has 10 heteroatoms. The predicted octanol–water partition coefficient (Wildman–Crippen LogP) is 1.54. The van der Waals surface area contributed by atoms with Crippen LogP contribution in [0.4, 0.5) is 11.4 Å². The van der Waals surface area contributed by atoms with E-state index in [1.807, 2.05) is 18.2 Å². The van der Waals surface area contributed by atoms with E-state index in [4.69, 9.17) is 19.9 Å². The van der Waals surface area contributed by atoms with Crippen molar-refractivity contribution >= 4 is 21.4 Å². The van der Waals surface area contributed by atoms with Crippen LogP contribution in [-0.4, -0.2) is 72.9 Å². The van der Waals surface area contributed by atoms with Crippen LogP contribution in [0.15, 0.2) is 41.3 Å². The van der Waals surface area contributed by atoms with E-state index in [0.29, 0.717) is 37.8 Å². The van der Waals surface area contributed by atoms with E-state index in [9.17, 15) is 8.42 Å². The molecule has 2 aliphatic rings. The van der Waals surface area contributed by atoms with Crippen LogP contribution >= 0.6 is 0 Å². The second-order valence-electron chi connectivity index (χ2n) is 7.79. The molecule has 4 rings (SSSR count). The number of nitrogens with zero attached hydrogens (tertiary/aromatic N) is 2. The molecule has 0 saturated carbocycles. The van der Waals surface area contributed by atoms with Crippen LogP contribution < -0.4 is 29.6 Å². The van der Waals surface area contributed by atoms with Gasteiger partial charge in [0.1, 0.15) is 10.6 Å². The van der Waals surface area contributed by atoms with E-state index in [-0.39, 0.29) is 10.6 Å². The summed E-state index contributed by atoms with van der Waals surface area (Å²) in [5, 5.41) is 0. The summed E-state index contributed by atoms with van der Waals surface area (Å²) in [5.74, 6) is 1.75. The average Bonchev–Trinajstić information content (AvgIpc) is 3.03. The monoisotopic (exact) mass is 462 g/mol. The fourth-order valence-electron chi connectivity index (χ4n) is 3.96. The van der Waals surface area contributed by atoms with E-state index in [1.165, 1.54) is 12.1 Å². The Morgan fingerprint density at radius 1 is 1.06 bits per heavy atom. The van der Waals surface area contributed by atoms with Crippen LogP contribution in [0.5, 0.6) is 17.2 Å². The van der Waals surface area contributed by atoms with Gasteiger partial charge in [0, 0.05) is 57.8 Å². The van der Waals surface area contributed by atoms with Gasteiger partial charge in [0.2, 0.25) is 10.0 Å². The van der Waals surface area contributed by atoms with Crippen LogP contribution in [0, 0.1) is 0 Å². The Kier molecular flexibility index (Phi) is 6.92. The zero-order chi connectivity index (χ0) is 22.6. The number of piperazine rings is 1. The van der Waals surface area contributed by atoms with Gasteiger partial charge in [-0.3, -0.25) is 4.90 Å². The Hall–Kier alpha value is -2.69. The zero-order valence-electron chi connectivity index (χ0n) is 18.2. The highest BCUT2D eigenvalue weighted by atomic mass is 32.2. The Morgan fingerprint density at radius 3 is 2.47 bits per heavy atom. The first-order chi connectivity index (χ1) is 15.5. The van der Waals surface area contributed by atoms with Crippen molar-refractivity contribution in [1.29, 1.82) is 0 Å². The quantitative estimate of drug-likeness (QED) is 0.597. The fraction of sp³-hybridized carbons (Fsp3) is 0.455. The van der Waals surface area contributed by atoms with Crippen molar-refractivity contribution in [2.75, 3.05) is 70.2 Å². The number of anilines is 2. The Balaban J connectivity index is 1.32. The summed E-state index contributed by atoms with van der Waals surface area (Å²) in [7, 11) is -2.09. The number of hydrogen-bond acceptors (Lipinski definition) is 8. The Bertz CT molecular complexity index is 1040. The van der Waals surface area contributed by atoms with E-state index < -0.39 is 10.0 Å². The van der Waals surface area contributed by atoms with Crippen molar-refractivity contribution < 1.29 is 22.6 Å². The third-order valence-electron chi connectivity index (χ3n) is 5.69.